The van der Waals surface area contributed by atoms with Gasteiger partial charge >= 0.3 is 0 Å². The highest BCUT2D eigenvalue weighted by Crippen LogP contribution is 2.27. The zero-order chi connectivity index (χ0) is 21.9. The summed E-state index contributed by atoms with van der Waals surface area (Å²) in [5, 5.41) is 3.27. The number of rotatable bonds is 6. The van der Waals surface area contributed by atoms with Crippen LogP contribution in [-0.2, 0) is 14.8 Å². The number of halogens is 1. The van der Waals surface area contributed by atoms with E-state index >= 15 is 0 Å². The second-order valence-corrected chi connectivity index (χ2v) is 10.0. The van der Waals surface area contributed by atoms with Crippen molar-refractivity contribution < 1.29 is 13.2 Å². The molecular weight excluding hydrogens is 422 g/mol. The minimum atomic E-state index is -3.70. The number of anilines is 3. The van der Waals surface area contributed by atoms with Crippen LogP contribution in [-0.4, -0.2) is 39.7 Å². The number of carbonyl (C=O) groups excluding carboxylic acids is 1. The second-order valence-electron chi connectivity index (χ2n) is 7.75. The summed E-state index contributed by atoms with van der Waals surface area (Å²) < 4.78 is 26.0. The van der Waals surface area contributed by atoms with Gasteiger partial charge in [0, 0.05) is 29.5 Å². The van der Waals surface area contributed by atoms with Gasteiger partial charge in [0.15, 0.2) is 0 Å². The molecule has 0 bridgehead atoms. The zero-order valence-corrected chi connectivity index (χ0v) is 19.1. The van der Waals surface area contributed by atoms with E-state index in [4.69, 9.17) is 11.6 Å². The smallest absolute Gasteiger partial charge is 0.247 e. The molecule has 162 valence electrons. The summed E-state index contributed by atoms with van der Waals surface area (Å²) >= 11 is 6.17. The molecule has 3 rings (SSSR count). The molecule has 0 aliphatic carbocycles. The highest BCUT2D eigenvalue weighted by atomic mass is 35.5. The molecule has 1 aliphatic rings. The number of amides is 1. The van der Waals surface area contributed by atoms with Crippen LogP contribution >= 0.6 is 11.6 Å². The minimum absolute atomic E-state index is 0.358. The van der Waals surface area contributed by atoms with Crippen molar-refractivity contribution in [1.29, 1.82) is 0 Å². The molecule has 0 radical (unpaired) electrons. The number of hydrogen-bond acceptors (Lipinski definition) is 4. The standard InChI is InChI=1S/C22H28ClN3O3S/c1-16-7-10-20(15-21(16)23)26(30(3,28)29)17(2)22(27)24-18-8-11-19(12-9-18)25-13-5-4-6-14-25/h7-12,15,17H,4-6,13-14H2,1-3H3,(H,24,27)/t17-/m0/s1. The van der Waals surface area contributed by atoms with Gasteiger partial charge < -0.3 is 10.2 Å². The van der Waals surface area contributed by atoms with E-state index in [2.05, 4.69) is 10.2 Å². The number of carbonyl (C=O) groups is 1. The van der Waals surface area contributed by atoms with Crippen molar-refractivity contribution in [3.8, 4) is 0 Å². The summed E-state index contributed by atoms with van der Waals surface area (Å²) in [6.07, 6.45) is 4.74. The first kappa shape index (κ1) is 22.4. The molecule has 1 N–H and O–H groups in total. The van der Waals surface area contributed by atoms with Crippen LogP contribution in [0.2, 0.25) is 5.02 Å². The van der Waals surface area contributed by atoms with E-state index in [0.717, 1.165) is 34.9 Å². The number of nitrogens with one attached hydrogen (secondary N) is 1. The lowest BCUT2D eigenvalue weighted by atomic mass is 10.1. The third-order valence-corrected chi connectivity index (χ3v) is 7.00. The summed E-state index contributed by atoms with van der Waals surface area (Å²) in [5.41, 5.74) is 2.95. The molecule has 1 saturated heterocycles. The van der Waals surface area contributed by atoms with Gasteiger partial charge in [0.1, 0.15) is 6.04 Å². The number of aryl methyl sites for hydroxylation is 1. The SMILES string of the molecule is Cc1ccc(N([C@@H](C)C(=O)Nc2ccc(N3CCCCC3)cc2)S(C)(=O)=O)cc1Cl. The van der Waals surface area contributed by atoms with Crippen LogP contribution in [0.15, 0.2) is 42.5 Å². The normalized spacial score (nSPS) is 15.5. The molecule has 0 unspecified atom stereocenters. The van der Waals surface area contributed by atoms with Gasteiger partial charge in [-0.25, -0.2) is 8.42 Å². The van der Waals surface area contributed by atoms with E-state index in [1.165, 1.54) is 19.3 Å². The maximum Gasteiger partial charge on any atom is 0.247 e. The molecule has 0 aromatic heterocycles. The number of nitrogens with zero attached hydrogens (tertiary/aromatic N) is 2. The minimum Gasteiger partial charge on any atom is -0.372 e. The average molecular weight is 450 g/mol. The lowest BCUT2D eigenvalue weighted by Gasteiger charge is -2.29. The van der Waals surface area contributed by atoms with Crippen molar-refractivity contribution in [2.45, 2.75) is 39.2 Å². The molecule has 1 atom stereocenters. The Kier molecular flexibility index (Phi) is 6.93. The largest absolute Gasteiger partial charge is 0.372 e. The van der Waals surface area contributed by atoms with Crippen LogP contribution < -0.4 is 14.5 Å². The maximum absolute atomic E-state index is 12.9. The predicted octanol–water partition coefficient (Wildman–Crippen LogP) is 4.43. The van der Waals surface area contributed by atoms with Crippen LogP contribution in [0, 0.1) is 6.92 Å². The first-order chi connectivity index (χ1) is 14.2. The molecule has 0 spiro atoms. The summed E-state index contributed by atoms with van der Waals surface area (Å²) in [4.78, 5) is 15.2. The molecule has 1 fully saturated rings. The first-order valence-corrected chi connectivity index (χ1v) is 12.3. The maximum atomic E-state index is 12.9. The van der Waals surface area contributed by atoms with Crippen molar-refractivity contribution in [2.75, 3.05) is 33.9 Å². The van der Waals surface area contributed by atoms with Crippen LogP contribution in [0.25, 0.3) is 0 Å². The lowest BCUT2D eigenvalue weighted by molar-refractivity contribution is -0.116. The molecular formula is C22H28ClN3O3S. The molecule has 8 heteroatoms. The summed E-state index contributed by atoms with van der Waals surface area (Å²) in [7, 11) is -3.70. The van der Waals surface area contributed by atoms with Crippen molar-refractivity contribution in [3.63, 3.8) is 0 Å². The molecule has 1 amide bonds. The van der Waals surface area contributed by atoms with Gasteiger partial charge in [-0.3, -0.25) is 9.10 Å². The van der Waals surface area contributed by atoms with E-state index in [0.29, 0.717) is 16.4 Å². The van der Waals surface area contributed by atoms with Gasteiger partial charge in [-0.2, -0.15) is 0 Å². The van der Waals surface area contributed by atoms with Gasteiger partial charge in [0.05, 0.1) is 11.9 Å². The monoisotopic (exact) mass is 449 g/mol. The van der Waals surface area contributed by atoms with Crippen molar-refractivity contribution >= 4 is 44.6 Å². The first-order valence-electron chi connectivity index (χ1n) is 10.1. The quantitative estimate of drug-likeness (QED) is 0.708. The average Bonchev–Trinajstić information content (AvgIpc) is 2.71. The summed E-state index contributed by atoms with van der Waals surface area (Å²) in [6, 6.07) is 11.7. The number of hydrogen-bond donors (Lipinski definition) is 1. The zero-order valence-electron chi connectivity index (χ0n) is 17.6. The van der Waals surface area contributed by atoms with E-state index in [9.17, 15) is 13.2 Å². The number of piperidine rings is 1. The fraction of sp³-hybridized carbons (Fsp3) is 0.409. The number of sulfonamides is 1. The fourth-order valence-corrected chi connectivity index (χ4v) is 5.02. The van der Waals surface area contributed by atoms with Crippen molar-refractivity contribution in [1.82, 2.24) is 0 Å². The number of benzene rings is 2. The third kappa shape index (κ3) is 5.26. The second kappa shape index (κ2) is 9.27. The predicted molar refractivity (Wildman–Crippen MR) is 124 cm³/mol. The third-order valence-electron chi connectivity index (χ3n) is 5.35. The molecule has 0 saturated carbocycles. The van der Waals surface area contributed by atoms with E-state index < -0.39 is 22.0 Å². The summed E-state index contributed by atoms with van der Waals surface area (Å²) in [5.74, 6) is -0.414. The molecule has 1 aliphatic heterocycles. The lowest BCUT2D eigenvalue weighted by Crippen LogP contribution is -2.45. The molecule has 1 heterocycles. The Morgan fingerprint density at radius 1 is 1.10 bits per heavy atom. The van der Waals surface area contributed by atoms with Gasteiger partial charge in [0.2, 0.25) is 15.9 Å². The fourth-order valence-electron chi connectivity index (χ4n) is 3.68. The van der Waals surface area contributed by atoms with Crippen molar-refractivity contribution in [2.24, 2.45) is 0 Å². The Labute approximate surface area is 183 Å². The Morgan fingerprint density at radius 3 is 2.30 bits per heavy atom. The Hall–Kier alpha value is -2.25. The molecule has 30 heavy (non-hydrogen) atoms. The Bertz CT molecular complexity index is 1000. The van der Waals surface area contributed by atoms with Gasteiger partial charge in [-0.05, 0) is 75.1 Å². The van der Waals surface area contributed by atoms with Crippen LogP contribution in [0.5, 0.6) is 0 Å². The Balaban J connectivity index is 1.76. The molecule has 2 aromatic rings. The van der Waals surface area contributed by atoms with Crippen LogP contribution in [0.3, 0.4) is 0 Å². The van der Waals surface area contributed by atoms with E-state index in [1.54, 1.807) is 25.1 Å². The van der Waals surface area contributed by atoms with E-state index in [-0.39, 0.29) is 0 Å². The van der Waals surface area contributed by atoms with Gasteiger partial charge in [-0.1, -0.05) is 17.7 Å². The Morgan fingerprint density at radius 2 is 1.73 bits per heavy atom. The summed E-state index contributed by atoms with van der Waals surface area (Å²) in [6.45, 7) is 5.49. The van der Waals surface area contributed by atoms with Crippen LogP contribution in [0.4, 0.5) is 17.1 Å². The van der Waals surface area contributed by atoms with Crippen molar-refractivity contribution in [3.05, 3.63) is 53.1 Å². The highest BCUT2D eigenvalue weighted by molar-refractivity contribution is 7.92. The molecule has 6 nitrogen and oxygen atoms in total. The van der Waals surface area contributed by atoms with Gasteiger partial charge in [-0.15, -0.1) is 0 Å². The highest BCUT2D eigenvalue weighted by Gasteiger charge is 2.29. The van der Waals surface area contributed by atoms with Crippen LogP contribution in [0.1, 0.15) is 31.7 Å². The van der Waals surface area contributed by atoms with Gasteiger partial charge in [0.25, 0.3) is 0 Å². The van der Waals surface area contributed by atoms with E-state index in [1.807, 2.05) is 31.2 Å². The molecule has 2 aromatic carbocycles. The topological polar surface area (TPSA) is 69.7 Å².